The molecule has 1 saturated carbocycles. The smallest absolute Gasteiger partial charge is 0.116 e. The molecule has 1 aliphatic carbocycles. The molecule has 0 heterocycles. The maximum Gasteiger partial charge on any atom is 0.116 e. The van der Waals surface area contributed by atoms with Crippen LogP contribution in [-0.4, -0.2) is 18.8 Å². The van der Waals surface area contributed by atoms with E-state index in [4.69, 9.17) is 4.74 Å². The van der Waals surface area contributed by atoms with E-state index < -0.39 is 5.60 Å². The third-order valence-electron chi connectivity index (χ3n) is 3.61. The lowest BCUT2D eigenvalue weighted by Crippen LogP contribution is -2.33. The Balaban J connectivity index is 2.18. The van der Waals surface area contributed by atoms with E-state index >= 15 is 0 Å². The van der Waals surface area contributed by atoms with Gasteiger partial charge >= 0.3 is 0 Å². The highest BCUT2D eigenvalue weighted by Gasteiger charge is 2.45. The van der Waals surface area contributed by atoms with E-state index in [1.54, 1.807) is 7.11 Å². The third kappa shape index (κ3) is 2.70. The number of benzene rings is 1. The molecule has 2 nitrogen and oxygen atoms in total. The molecule has 0 saturated heterocycles. The fourth-order valence-corrected chi connectivity index (χ4v) is 2.47. The van der Waals surface area contributed by atoms with Gasteiger partial charge in [0.15, 0.2) is 0 Å². The van der Waals surface area contributed by atoms with E-state index in [9.17, 15) is 5.11 Å². The zero-order valence-corrected chi connectivity index (χ0v) is 10.8. The molecule has 1 aromatic rings. The quantitative estimate of drug-likeness (QED) is 0.820. The first kappa shape index (κ1) is 12.6. The predicted molar refractivity (Wildman–Crippen MR) is 68.9 cm³/mol. The molecule has 0 amide bonds. The molecule has 0 aromatic heterocycles. The number of aliphatic hydroxyl groups is 1. The Morgan fingerprint density at radius 2 is 1.94 bits per heavy atom. The average Bonchev–Trinajstić information content (AvgIpc) is 3.15. The molecule has 1 fully saturated rings. The Hall–Kier alpha value is -0.860. The summed E-state index contributed by atoms with van der Waals surface area (Å²) in [6, 6.07) is 8.37. The minimum Gasteiger partial charge on any atom is -0.382 e. The molecule has 1 aliphatic rings. The van der Waals surface area contributed by atoms with Gasteiger partial charge in [-0.15, -0.1) is 0 Å². The molecule has 0 spiro atoms. The molecule has 0 bridgehead atoms. The van der Waals surface area contributed by atoms with Crippen LogP contribution in [0.15, 0.2) is 24.3 Å². The molecule has 1 N–H and O–H groups in total. The van der Waals surface area contributed by atoms with Crippen molar-refractivity contribution in [2.24, 2.45) is 5.92 Å². The highest BCUT2D eigenvalue weighted by atomic mass is 16.5. The van der Waals surface area contributed by atoms with Crippen LogP contribution >= 0.6 is 0 Å². The van der Waals surface area contributed by atoms with Crippen molar-refractivity contribution in [3.8, 4) is 0 Å². The monoisotopic (exact) mass is 234 g/mol. The van der Waals surface area contributed by atoms with E-state index in [0.29, 0.717) is 12.5 Å². The first-order valence-corrected chi connectivity index (χ1v) is 6.51. The summed E-state index contributed by atoms with van der Waals surface area (Å²) in [6.07, 6.45) is 4.48. The van der Waals surface area contributed by atoms with Crippen molar-refractivity contribution in [2.75, 3.05) is 13.7 Å². The fraction of sp³-hybridized carbons (Fsp3) is 0.600. The fourth-order valence-electron chi connectivity index (χ4n) is 2.47. The van der Waals surface area contributed by atoms with E-state index in [-0.39, 0.29) is 0 Å². The van der Waals surface area contributed by atoms with Gasteiger partial charge in [-0.2, -0.15) is 0 Å². The van der Waals surface area contributed by atoms with Gasteiger partial charge in [-0.25, -0.2) is 0 Å². The second-order valence-corrected chi connectivity index (χ2v) is 5.08. The number of methoxy groups -OCH3 is 1. The Labute approximate surface area is 104 Å². The number of rotatable bonds is 6. The summed E-state index contributed by atoms with van der Waals surface area (Å²) < 4.78 is 5.19. The van der Waals surface area contributed by atoms with Gasteiger partial charge in [0.25, 0.3) is 0 Å². The first-order chi connectivity index (χ1) is 8.20. The Morgan fingerprint density at radius 3 is 2.41 bits per heavy atom. The van der Waals surface area contributed by atoms with Crippen LogP contribution in [0.25, 0.3) is 0 Å². The maximum atomic E-state index is 10.7. The zero-order chi connectivity index (χ0) is 12.3. The molecule has 1 atom stereocenters. The van der Waals surface area contributed by atoms with Crippen molar-refractivity contribution in [2.45, 2.75) is 38.2 Å². The molecule has 0 aliphatic heterocycles. The van der Waals surface area contributed by atoms with Crippen LogP contribution in [-0.2, 0) is 16.8 Å². The lowest BCUT2D eigenvalue weighted by atomic mass is 9.89. The van der Waals surface area contributed by atoms with Crippen LogP contribution in [0.5, 0.6) is 0 Å². The highest BCUT2D eigenvalue weighted by Crippen LogP contribution is 2.45. The summed E-state index contributed by atoms with van der Waals surface area (Å²) in [5.41, 5.74) is 1.56. The van der Waals surface area contributed by atoms with Gasteiger partial charge in [0, 0.05) is 7.11 Å². The molecular formula is C15H22O2. The molecule has 1 unspecified atom stereocenters. The largest absolute Gasteiger partial charge is 0.382 e. The summed E-state index contributed by atoms with van der Waals surface area (Å²) in [4.78, 5) is 0. The van der Waals surface area contributed by atoms with Gasteiger partial charge in [0.2, 0.25) is 0 Å². The average molecular weight is 234 g/mol. The van der Waals surface area contributed by atoms with E-state index in [0.717, 1.165) is 31.2 Å². The number of aryl methyl sites for hydroxylation is 1. The summed E-state index contributed by atoms with van der Waals surface area (Å²) in [6.45, 7) is 2.57. The van der Waals surface area contributed by atoms with Gasteiger partial charge in [-0.3, -0.25) is 0 Å². The van der Waals surface area contributed by atoms with Crippen molar-refractivity contribution >= 4 is 0 Å². The van der Waals surface area contributed by atoms with Crippen LogP contribution in [0.1, 0.15) is 37.3 Å². The van der Waals surface area contributed by atoms with E-state index in [2.05, 4.69) is 31.2 Å². The van der Waals surface area contributed by atoms with Gasteiger partial charge in [0.1, 0.15) is 5.60 Å². The number of hydrogen-bond donors (Lipinski definition) is 1. The molecule has 0 radical (unpaired) electrons. The van der Waals surface area contributed by atoms with Gasteiger partial charge in [-0.1, -0.05) is 37.6 Å². The minimum atomic E-state index is -0.778. The molecule has 2 rings (SSSR count). The zero-order valence-electron chi connectivity index (χ0n) is 10.8. The van der Waals surface area contributed by atoms with Crippen LogP contribution in [0, 0.1) is 5.92 Å². The van der Waals surface area contributed by atoms with Gasteiger partial charge in [0.05, 0.1) is 6.61 Å². The summed E-state index contributed by atoms with van der Waals surface area (Å²) in [5, 5.41) is 10.7. The van der Waals surface area contributed by atoms with Gasteiger partial charge < -0.3 is 9.84 Å². The SMILES string of the molecule is CCCc1ccc(C(O)(COC)C2CC2)cc1. The van der Waals surface area contributed by atoms with Crippen molar-refractivity contribution in [1.29, 1.82) is 0 Å². The van der Waals surface area contributed by atoms with Crippen molar-refractivity contribution in [3.05, 3.63) is 35.4 Å². The molecule has 2 heteroatoms. The van der Waals surface area contributed by atoms with E-state index in [1.165, 1.54) is 5.56 Å². The molecule has 17 heavy (non-hydrogen) atoms. The summed E-state index contributed by atoms with van der Waals surface area (Å²) in [5.74, 6) is 0.375. The molecular weight excluding hydrogens is 212 g/mol. The number of ether oxygens (including phenoxy) is 1. The van der Waals surface area contributed by atoms with E-state index in [1.807, 2.05) is 0 Å². The minimum absolute atomic E-state index is 0.375. The third-order valence-corrected chi connectivity index (χ3v) is 3.61. The predicted octanol–water partition coefficient (Wildman–Crippen LogP) is 2.88. The van der Waals surface area contributed by atoms with Crippen LogP contribution in [0.4, 0.5) is 0 Å². The topological polar surface area (TPSA) is 29.5 Å². The number of hydrogen-bond acceptors (Lipinski definition) is 2. The Kier molecular flexibility index (Phi) is 3.85. The standard InChI is InChI=1S/C15H22O2/c1-3-4-12-5-7-13(8-6-12)15(16,11-17-2)14-9-10-14/h5-8,14,16H,3-4,9-11H2,1-2H3. The van der Waals surface area contributed by atoms with Crippen LogP contribution in [0.3, 0.4) is 0 Å². The van der Waals surface area contributed by atoms with Crippen LogP contribution in [0.2, 0.25) is 0 Å². The second kappa shape index (κ2) is 5.19. The van der Waals surface area contributed by atoms with Crippen LogP contribution < -0.4 is 0 Å². The maximum absolute atomic E-state index is 10.7. The van der Waals surface area contributed by atoms with Crippen molar-refractivity contribution in [1.82, 2.24) is 0 Å². The van der Waals surface area contributed by atoms with Crippen molar-refractivity contribution < 1.29 is 9.84 Å². The first-order valence-electron chi connectivity index (χ1n) is 6.51. The Bertz CT molecular complexity index is 354. The normalized spacial score (nSPS) is 19.0. The lowest BCUT2D eigenvalue weighted by molar-refractivity contribution is -0.0532. The molecule has 94 valence electrons. The summed E-state index contributed by atoms with van der Waals surface area (Å²) in [7, 11) is 1.65. The summed E-state index contributed by atoms with van der Waals surface area (Å²) >= 11 is 0. The lowest BCUT2D eigenvalue weighted by Gasteiger charge is -2.28. The second-order valence-electron chi connectivity index (χ2n) is 5.08. The van der Waals surface area contributed by atoms with Gasteiger partial charge in [-0.05, 0) is 36.3 Å². The van der Waals surface area contributed by atoms with Crippen molar-refractivity contribution in [3.63, 3.8) is 0 Å². The molecule has 1 aromatic carbocycles. The Morgan fingerprint density at radius 1 is 1.29 bits per heavy atom. The highest BCUT2D eigenvalue weighted by molar-refractivity contribution is 5.29.